The maximum atomic E-state index is 2.99. The fraction of sp³-hybridized carbons (Fsp3) is 1.00. The molecule has 2 rings (SSSR count). The van der Waals surface area contributed by atoms with Gasteiger partial charge in [0.2, 0.25) is 0 Å². The SMILES string of the molecule is CC(C1CC1)N(C1CCCCC1)[Si](C)(C)C. The molecule has 2 heteroatoms. The molecule has 2 aliphatic rings. The summed E-state index contributed by atoms with van der Waals surface area (Å²) in [5.41, 5.74) is 0. The Kier molecular flexibility index (Phi) is 3.80. The van der Waals surface area contributed by atoms with E-state index in [1.54, 1.807) is 0 Å². The van der Waals surface area contributed by atoms with Crippen molar-refractivity contribution in [1.29, 1.82) is 0 Å². The van der Waals surface area contributed by atoms with E-state index in [2.05, 4.69) is 31.1 Å². The molecule has 2 aliphatic carbocycles. The second-order valence-corrected chi connectivity index (χ2v) is 11.8. The number of nitrogens with zero attached hydrogens (tertiary/aromatic N) is 1. The third-order valence-electron chi connectivity index (χ3n) is 4.49. The van der Waals surface area contributed by atoms with Crippen molar-refractivity contribution in [1.82, 2.24) is 4.57 Å². The van der Waals surface area contributed by atoms with Crippen LogP contribution in [0.15, 0.2) is 0 Å². The molecule has 2 fully saturated rings. The molecule has 2 saturated carbocycles. The third kappa shape index (κ3) is 2.89. The van der Waals surface area contributed by atoms with Crippen molar-refractivity contribution >= 4 is 8.24 Å². The van der Waals surface area contributed by atoms with Crippen molar-refractivity contribution in [3.63, 3.8) is 0 Å². The van der Waals surface area contributed by atoms with E-state index in [4.69, 9.17) is 0 Å². The first kappa shape index (κ1) is 12.6. The number of rotatable bonds is 4. The van der Waals surface area contributed by atoms with Crippen molar-refractivity contribution in [3.8, 4) is 0 Å². The number of hydrogen-bond donors (Lipinski definition) is 0. The summed E-state index contributed by atoms with van der Waals surface area (Å²) in [6.07, 6.45) is 10.4. The lowest BCUT2D eigenvalue weighted by molar-refractivity contribution is 0.188. The summed E-state index contributed by atoms with van der Waals surface area (Å²) in [6.45, 7) is 10.1. The van der Waals surface area contributed by atoms with Crippen molar-refractivity contribution in [2.45, 2.75) is 83.6 Å². The second-order valence-electron chi connectivity index (χ2n) is 6.95. The van der Waals surface area contributed by atoms with Gasteiger partial charge in [0.1, 0.15) is 8.24 Å². The number of hydrogen-bond acceptors (Lipinski definition) is 1. The normalized spacial score (nSPS) is 26.1. The van der Waals surface area contributed by atoms with Gasteiger partial charge in [-0.1, -0.05) is 38.9 Å². The summed E-state index contributed by atoms with van der Waals surface area (Å²) in [5.74, 6) is 1.04. The Bertz CT molecular complexity index is 223. The highest BCUT2D eigenvalue weighted by atomic mass is 28.3. The smallest absolute Gasteiger partial charge is 0.119 e. The molecular formula is C14H29NSi. The molecule has 0 amide bonds. The summed E-state index contributed by atoms with van der Waals surface area (Å²) in [5, 5.41) is 0. The quantitative estimate of drug-likeness (QED) is 0.663. The lowest BCUT2D eigenvalue weighted by Gasteiger charge is -2.46. The second kappa shape index (κ2) is 4.81. The Morgan fingerprint density at radius 3 is 1.94 bits per heavy atom. The fourth-order valence-corrected chi connectivity index (χ4v) is 6.44. The van der Waals surface area contributed by atoms with Gasteiger partial charge in [0.05, 0.1) is 0 Å². The van der Waals surface area contributed by atoms with Crippen LogP contribution in [0.25, 0.3) is 0 Å². The van der Waals surface area contributed by atoms with E-state index in [9.17, 15) is 0 Å². The van der Waals surface area contributed by atoms with Crippen LogP contribution in [0, 0.1) is 5.92 Å². The zero-order valence-corrected chi connectivity index (χ0v) is 12.6. The standard InChI is InChI=1S/C14H29NSi/c1-12(13-10-11-13)15(16(2,3)4)14-8-6-5-7-9-14/h12-14H,5-11H2,1-4H3. The van der Waals surface area contributed by atoms with Gasteiger partial charge >= 0.3 is 0 Å². The summed E-state index contributed by atoms with van der Waals surface area (Å²) < 4.78 is 2.99. The molecule has 0 radical (unpaired) electrons. The van der Waals surface area contributed by atoms with Crippen LogP contribution in [-0.2, 0) is 0 Å². The molecule has 0 bridgehead atoms. The van der Waals surface area contributed by atoms with E-state index in [1.807, 2.05) is 0 Å². The van der Waals surface area contributed by atoms with Crippen molar-refractivity contribution < 1.29 is 0 Å². The van der Waals surface area contributed by atoms with E-state index in [0.717, 1.165) is 18.0 Å². The predicted octanol–water partition coefficient (Wildman–Crippen LogP) is 4.25. The Balaban J connectivity index is 2.06. The predicted molar refractivity (Wildman–Crippen MR) is 74.2 cm³/mol. The van der Waals surface area contributed by atoms with Crippen LogP contribution in [0.1, 0.15) is 51.9 Å². The van der Waals surface area contributed by atoms with Gasteiger partial charge in [-0.3, -0.25) is 0 Å². The first-order valence-corrected chi connectivity index (χ1v) is 10.7. The van der Waals surface area contributed by atoms with Crippen LogP contribution < -0.4 is 0 Å². The molecule has 1 nitrogen and oxygen atoms in total. The van der Waals surface area contributed by atoms with Gasteiger partial charge in [-0.15, -0.1) is 0 Å². The zero-order valence-electron chi connectivity index (χ0n) is 11.6. The maximum Gasteiger partial charge on any atom is 0.119 e. The molecule has 16 heavy (non-hydrogen) atoms. The van der Waals surface area contributed by atoms with Gasteiger partial charge in [-0.25, -0.2) is 0 Å². The van der Waals surface area contributed by atoms with Crippen molar-refractivity contribution in [3.05, 3.63) is 0 Å². The van der Waals surface area contributed by atoms with Crippen LogP contribution in [0.3, 0.4) is 0 Å². The average Bonchev–Trinajstić information content (AvgIpc) is 3.00. The van der Waals surface area contributed by atoms with Gasteiger partial charge in [0.15, 0.2) is 0 Å². The lowest BCUT2D eigenvalue weighted by Crippen LogP contribution is -2.57. The Labute approximate surface area is 103 Å². The Morgan fingerprint density at radius 1 is 0.938 bits per heavy atom. The molecule has 0 saturated heterocycles. The summed E-state index contributed by atoms with van der Waals surface area (Å²) in [7, 11) is -1.13. The molecule has 0 aromatic carbocycles. The third-order valence-corrected chi connectivity index (χ3v) is 6.81. The molecule has 1 unspecified atom stereocenters. The fourth-order valence-electron chi connectivity index (χ4n) is 3.66. The molecular weight excluding hydrogens is 210 g/mol. The minimum atomic E-state index is -1.13. The topological polar surface area (TPSA) is 3.24 Å². The summed E-state index contributed by atoms with van der Waals surface area (Å²) >= 11 is 0. The molecule has 1 atom stereocenters. The van der Waals surface area contributed by atoms with E-state index >= 15 is 0 Å². The summed E-state index contributed by atoms with van der Waals surface area (Å²) in [6, 6.07) is 1.80. The monoisotopic (exact) mass is 239 g/mol. The van der Waals surface area contributed by atoms with Crippen LogP contribution in [0.2, 0.25) is 19.6 Å². The maximum absolute atomic E-state index is 2.99. The first-order valence-electron chi connectivity index (χ1n) is 7.28. The molecule has 0 spiro atoms. The average molecular weight is 239 g/mol. The molecule has 0 N–H and O–H groups in total. The van der Waals surface area contributed by atoms with Gasteiger partial charge in [-0.2, -0.15) is 0 Å². The highest BCUT2D eigenvalue weighted by molar-refractivity contribution is 6.73. The minimum absolute atomic E-state index is 0.870. The molecule has 0 aliphatic heterocycles. The minimum Gasteiger partial charge on any atom is -0.318 e. The molecule has 0 aromatic heterocycles. The van der Waals surface area contributed by atoms with E-state index in [0.29, 0.717) is 0 Å². The first-order chi connectivity index (χ1) is 7.50. The van der Waals surface area contributed by atoms with Gasteiger partial charge in [0, 0.05) is 12.1 Å². The zero-order chi connectivity index (χ0) is 11.8. The summed E-state index contributed by atoms with van der Waals surface area (Å²) in [4.78, 5) is 0. The van der Waals surface area contributed by atoms with Crippen LogP contribution in [0.4, 0.5) is 0 Å². The van der Waals surface area contributed by atoms with Crippen LogP contribution in [0.5, 0.6) is 0 Å². The van der Waals surface area contributed by atoms with E-state index in [-0.39, 0.29) is 0 Å². The molecule has 0 heterocycles. The molecule has 94 valence electrons. The largest absolute Gasteiger partial charge is 0.318 e. The Hall–Kier alpha value is 0.177. The van der Waals surface area contributed by atoms with E-state index < -0.39 is 8.24 Å². The highest BCUT2D eigenvalue weighted by Gasteiger charge is 2.40. The highest BCUT2D eigenvalue weighted by Crippen LogP contribution is 2.39. The van der Waals surface area contributed by atoms with Crippen molar-refractivity contribution in [2.75, 3.05) is 0 Å². The Morgan fingerprint density at radius 2 is 1.50 bits per heavy atom. The van der Waals surface area contributed by atoms with Gasteiger partial charge in [0.25, 0.3) is 0 Å². The molecule has 0 aromatic rings. The van der Waals surface area contributed by atoms with Gasteiger partial charge in [-0.05, 0) is 38.5 Å². The van der Waals surface area contributed by atoms with Gasteiger partial charge < -0.3 is 4.57 Å². The van der Waals surface area contributed by atoms with Crippen LogP contribution >= 0.6 is 0 Å². The van der Waals surface area contributed by atoms with E-state index in [1.165, 1.54) is 44.9 Å². The van der Waals surface area contributed by atoms with Crippen molar-refractivity contribution in [2.24, 2.45) is 5.92 Å². The lowest BCUT2D eigenvalue weighted by atomic mass is 9.94. The van der Waals surface area contributed by atoms with Crippen LogP contribution in [-0.4, -0.2) is 24.9 Å².